The number of esters is 1. The zero-order valence-corrected chi connectivity index (χ0v) is 10.1. The van der Waals surface area contributed by atoms with Gasteiger partial charge in [-0.3, -0.25) is 20.0 Å². The van der Waals surface area contributed by atoms with Gasteiger partial charge in [0.2, 0.25) is 0 Å². The van der Waals surface area contributed by atoms with E-state index in [9.17, 15) is 9.59 Å². The van der Waals surface area contributed by atoms with Crippen molar-refractivity contribution in [1.29, 1.82) is 0 Å². The second-order valence-corrected chi connectivity index (χ2v) is 3.87. The monoisotopic (exact) mass is 267 g/mol. The van der Waals surface area contributed by atoms with Crippen LogP contribution in [-0.4, -0.2) is 33.4 Å². The van der Waals surface area contributed by atoms with Crippen LogP contribution in [0, 0.1) is 0 Å². The number of aromatic nitrogens is 2. The number of ether oxygens (including phenoxy) is 2. The highest BCUT2D eigenvalue weighted by Crippen LogP contribution is 2.19. The molecule has 0 saturated heterocycles. The fraction of sp³-hybridized carbons (Fsp3) is 0.364. The van der Waals surface area contributed by atoms with E-state index in [1.807, 2.05) is 0 Å². The lowest BCUT2D eigenvalue weighted by molar-refractivity contribution is -0.145. The Morgan fingerprint density at radius 2 is 2.42 bits per heavy atom. The second kappa shape index (κ2) is 5.63. The van der Waals surface area contributed by atoms with Gasteiger partial charge in [0.05, 0.1) is 0 Å². The first kappa shape index (κ1) is 13.2. The van der Waals surface area contributed by atoms with Gasteiger partial charge in [-0.1, -0.05) is 6.08 Å². The summed E-state index contributed by atoms with van der Waals surface area (Å²) in [5, 5.41) is 8.63. The Balaban J connectivity index is 2.03. The molecule has 1 aliphatic rings. The third-order valence-corrected chi connectivity index (χ3v) is 2.47. The van der Waals surface area contributed by atoms with Gasteiger partial charge in [-0.25, -0.2) is 4.79 Å². The van der Waals surface area contributed by atoms with Crippen molar-refractivity contribution in [3.8, 4) is 0 Å². The smallest absolute Gasteiger partial charge is 0.351 e. The minimum absolute atomic E-state index is 0.0553. The molecular formula is C11H13N3O5. The first-order valence-corrected chi connectivity index (χ1v) is 5.56. The lowest BCUT2D eigenvalue weighted by atomic mass is 10.4. The van der Waals surface area contributed by atoms with Gasteiger partial charge < -0.3 is 9.47 Å². The van der Waals surface area contributed by atoms with E-state index in [0.717, 1.165) is 0 Å². The van der Waals surface area contributed by atoms with Crippen LogP contribution in [0.15, 0.2) is 29.2 Å². The molecule has 8 heteroatoms. The summed E-state index contributed by atoms with van der Waals surface area (Å²) in [5.41, 5.74) is 1.22. The van der Waals surface area contributed by atoms with Gasteiger partial charge >= 0.3 is 11.7 Å². The predicted molar refractivity (Wildman–Crippen MR) is 63.6 cm³/mol. The molecule has 19 heavy (non-hydrogen) atoms. The molecule has 102 valence electrons. The van der Waals surface area contributed by atoms with Gasteiger partial charge in [-0.15, -0.1) is 0 Å². The summed E-state index contributed by atoms with van der Waals surface area (Å²) < 4.78 is 11.6. The van der Waals surface area contributed by atoms with Crippen LogP contribution in [0.4, 0.5) is 5.82 Å². The maximum Gasteiger partial charge on any atom is 0.351 e. The van der Waals surface area contributed by atoms with Crippen molar-refractivity contribution >= 4 is 11.8 Å². The first-order chi connectivity index (χ1) is 9.10. The molecule has 0 unspecified atom stereocenters. The summed E-state index contributed by atoms with van der Waals surface area (Å²) in [6.07, 6.45) is 3.82. The minimum Gasteiger partial charge on any atom is -0.463 e. The molecule has 1 aromatic rings. The lowest BCUT2D eigenvalue weighted by Crippen LogP contribution is -2.28. The SMILES string of the molecule is CC(=O)OC[C@H]1C=C[C@@H](n2ccc(NO)nc2=O)O1. The third-order valence-electron chi connectivity index (χ3n) is 2.47. The topological polar surface area (TPSA) is 103 Å². The Morgan fingerprint density at radius 3 is 3.05 bits per heavy atom. The summed E-state index contributed by atoms with van der Waals surface area (Å²) in [7, 11) is 0. The number of hydrogen-bond acceptors (Lipinski definition) is 7. The van der Waals surface area contributed by atoms with Crippen molar-refractivity contribution in [1.82, 2.24) is 9.55 Å². The molecule has 0 fully saturated rings. The van der Waals surface area contributed by atoms with Crippen LogP contribution >= 0.6 is 0 Å². The van der Waals surface area contributed by atoms with Gasteiger partial charge in [-0.2, -0.15) is 4.98 Å². The number of nitrogens with one attached hydrogen (secondary N) is 1. The molecule has 2 heterocycles. The fourth-order valence-electron chi connectivity index (χ4n) is 1.61. The molecule has 8 nitrogen and oxygen atoms in total. The summed E-state index contributed by atoms with van der Waals surface area (Å²) >= 11 is 0. The van der Waals surface area contributed by atoms with E-state index in [2.05, 4.69) is 4.98 Å². The number of carbonyl (C=O) groups excluding carboxylic acids is 1. The fourth-order valence-corrected chi connectivity index (χ4v) is 1.61. The number of hydrogen-bond donors (Lipinski definition) is 2. The van der Waals surface area contributed by atoms with Crippen LogP contribution in [0.2, 0.25) is 0 Å². The summed E-state index contributed by atoms with van der Waals surface area (Å²) in [6.45, 7) is 1.41. The summed E-state index contributed by atoms with van der Waals surface area (Å²) in [6, 6.07) is 1.43. The van der Waals surface area contributed by atoms with Gasteiger partial charge in [0.25, 0.3) is 0 Å². The van der Waals surface area contributed by atoms with E-state index in [1.54, 1.807) is 17.6 Å². The molecule has 0 aromatic carbocycles. The molecule has 0 aliphatic carbocycles. The molecule has 0 saturated carbocycles. The van der Waals surface area contributed by atoms with Crippen LogP contribution in [-0.2, 0) is 14.3 Å². The molecular weight excluding hydrogens is 254 g/mol. The predicted octanol–water partition coefficient (Wildman–Crippen LogP) is 0.0611. The molecule has 0 bridgehead atoms. The Labute approximate surface area is 108 Å². The standard InChI is InChI=1S/C11H13N3O5/c1-7(15)18-6-8-2-3-10(19-8)14-5-4-9(13-17)12-11(14)16/h2-5,8,10,17H,6H2,1H3,(H,12,13,16)/t8-,10+/m1/s1. The van der Waals surface area contributed by atoms with E-state index in [1.165, 1.54) is 23.8 Å². The van der Waals surface area contributed by atoms with Crippen LogP contribution in [0.1, 0.15) is 13.2 Å². The number of nitrogens with zero attached hydrogens (tertiary/aromatic N) is 2. The van der Waals surface area contributed by atoms with E-state index in [0.29, 0.717) is 0 Å². The van der Waals surface area contributed by atoms with Crippen molar-refractivity contribution in [2.75, 3.05) is 12.1 Å². The van der Waals surface area contributed by atoms with Gasteiger partial charge in [-0.05, 0) is 12.1 Å². The molecule has 0 amide bonds. The Hall–Kier alpha value is -2.19. The second-order valence-electron chi connectivity index (χ2n) is 3.87. The largest absolute Gasteiger partial charge is 0.463 e. The van der Waals surface area contributed by atoms with Crippen molar-refractivity contribution in [2.45, 2.75) is 19.3 Å². The molecule has 2 N–H and O–H groups in total. The van der Waals surface area contributed by atoms with Gasteiger partial charge in [0, 0.05) is 13.1 Å². The van der Waals surface area contributed by atoms with Crippen LogP contribution in [0.25, 0.3) is 0 Å². The van der Waals surface area contributed by atoms with E-state index >= 15 is 0 Å². The highest BCUT2D eigenvalue weighted by atomic mass is 16.6. The van der Waals surface area contributed by atoms with Crippen molar-refractivity contribution in [3.05, 3.63) is 34.9 Å². The highest BCUT2D eigenvalue weighted by Gasteiger charge is 2.22. The quantitative estimate of drug-likeness (QED) is 0.451. The molecule has 1 aliphatic heterocycles. The maximum absolute atomic E-state index is 11.7. The molecule has 0 spiro atoms. The van der Waals surface area contributed by atoms with Crippen LogP contribution < -0.4 is 11.2 Å². The van der Waals surface area contributed by atoms with Gasteiger partial charge in [0.1, 0.15) is 12.7 Å². The number of anilines is 1. The number of rotatable bonds is 4. The highest BCUT2D eigenvalue weighted by molar-refractivity contribution is 5.65. The third kappa shape index (κ3) is 3.18. The summed E-state index contributed by atoms with van der Waals surface area (Å²) in [5.74, 6) is -0.336. The Morgan fingerprint density at radius 1 is 1.63 bits per heavy atom. The molecule has 1 aromatic heterocycles. The van der Waals surface area contributed by atoms with Crippen LogP contribution in [0.3, 0.4) is 0 Å². The maximum atomic E-state index is 11.7. The average Bonchev–Trinajstić information content (AvgIpc) is 2.84. The normalized spacial score (nSPS) is 21.4. The zero-order chi connectivity index (χ0) is 13.8. The van der Waals surface area contributed by atoms with E-state index in [4.69, 9.17) is 14.7 Å². The zero-order valence-electron chi connectivity index (χ0n) is 10.1. The molecule has 2 rings (SSSR count). The molecule has 2 atom stereocenters. The van der Waals surface area contributed by atoms with Crippen molar-refractivity contribution < 1.29 is 19.5 Å². The average molecular weight is 267 g/mol. The van der Waals surface area contributed by atoms with Crippen LogP contribution in [0.5, 0.6) is 0 Å². The number of carbonyl (C=O) groups is 1. The Kier molecular flexibility index (Phi) is 3.93. The van der Waals surface area contributed by atoms with Gasteiger partial charge in [0.15, 0.2) is 12.0 Å². The lowest BCUT2D eigenvalue weighted by Gasteiger charge is -2.15. The van der Waals surface area contributed by atoms with Crippen molar-refractivity contribution in [2.24, 2.45) is 0 Å². The van der Waals surface area contributed by atoms with E-state index in [-0.39, 0.29) is 12.4 Å². The van der Waals surface area contributed by atoms with E-state index < -0.39 is 24.0 Å². The summed E-state index contributed by atoms with van der Waals surface area (Å²) in [4.78, 5) is 25.9. The minimum atomic E-state index is -0.603. The molecule has 0 radical (unpaired) electrons. The Bertz CT molecular complexity index is 554. The first-order valence-electron chi connectivity index (χ1n) is 5.56. The van der Waals surface area contributed by atoms with Crippen molar-refractivity contribution in [3.63, 3.8) is 0 Å².